The topological polar surface area (TPSA) is 69.3 Å². The number of nitrogens with zero attached hydrogens (tertiary/aromatic N) is 3. The van der Waals surface area contributed by atoms with Gasteiger partial charge in [0.15, 0.2) is 0 Å². The van der Waals surface area contributed by atoms with Crippen LogP contribution in [0.5, 0.6) is 0 Å². The molecule has 1 aliphatic carbocycles. The Labute approximate surface area is 175 Å². The van der Waals surface area contributed by atoms with Crippen LogP contribution in [-0.2, 0) is 24.3 Å². The summed E-state index contributed by atoms with van der Waals surface area (Å²) in [4.78, 5) is 38.8. The zero-order valence-corrected chi connectivity index (χ0v) is 17.8. The Morgan fingerprint density at radius 2 is 2.17 bits per heavy atom. The number of amides is 1. The molecule has 1 saturated carbocycles. The minimum atomic E-state index is -0.0520. The summed E-state index contributed by atoms with van der Waals surface area (Å²) in [6.07, 6.45) is 4.87. The third kappa shape index (κ3) is 4.03. The van der Waals surface area contributed by atoms with Crippen molar-refractivity contribution in [3.63, 3.8) is 0 Å². The van der Waals surface area contributed by atoms with E-state index in [-0.39, 0.29) is 23.3 Å². The van der Waals surface area contributed by atoms with Crippen molar-refractivity contribution in [3.8, 4) is 0 Å². The van der Waals surface area contributed by atoms with Gasteiger partial charge in [-0.15, -0.1) is 11.3 Å². The minimum absolute atomic E-state index is 0.0520. The van der Waals surface area contributed by atoms with E-state index >= 15 is 0 Å². The molecule has 0 spiro atoms. The highest BCUT2D eigenvalue weighted by Crippen LogP contribution is 2.32. The summed E-state index contributed by atoms with van der Waals surface area (Å²) in [7, 11) is 0. The average molecular weight is 413 g/mol. The van der Waals surface area contributed by atoms with E-state index in [0.717, 1.165) is 56.8 Å². The molecule has 3 aliphatic rings. The number of hydrogen-bond donors (Lipinski definition) is 1. The van der Waals surface area contributed by atoms with E-state index in [1.54, 1.807) is 11.3 Å². The number of hydrogen-bond acceptors (Lipinski definition) is 5. The molecule has 2 fully saturated rings. The van der Waals surface area contributed by atoms with Gasteiger partial charge in [0.1, 0.15) is 5.82 Å². The molecule has 4 heterocycles. The molecule has 1 amide bonds. The molecular weight excluding hydrogens is 384 g/mol. The fourth-order valence-electron chi connectivity index (χ4n) is 4.68. The van der Waals surface area contributed by atoms with Crippen molar-refractivity contribution in [1.82, 2.24) is 19.8 Å². The Kier molecular flexibility index (Phi) is 5.04. The Morgan fingerprint density at radius 1 is 1.31 bits per heavy atom. The van der Waals surface area contributed by atoms with Gasteiger partial charge in [0, 0.05) is 42.8 Å². The molecule has 2 aromatic heterocycles. The van der Waals surface area contributed by atoms with Gasteiger partial charge < -0.3 is 9.88 Å². The lowest BCUT2D eigenvalue weighted by molar-refractivity contribution is -0.133. The van der Waals surface area contributed by atoms with E-state index in [4.69, 9.17) is 4.98 Å². The molecule has 0 radical (unpaired) electrons. The highest BCUT2D eigenvalue weighted by Gasteiger charge is 2.35. The van der Waals surface area contributed by atoms with E-state index in [0.29, 0.717) is 25.1 Å². The van der Waals surface area contributed by atoms with Gasteiger partial charge in [-0.3, -0.25) is 14.5 Å². The molecule has 0 bridgehead atoms. The van der Waals surface area contributed by atoms with Gasteiger partial charge >= 0.3 is 0 Å². The third-order valence-electron chi connectivity index (χ3n) is 6.41. The van der Waals surface area contributed by atoms with Gasteiger partial charge in [0.25, 0.3) is 5.56 Å². The van der Waals surface area contributed by atoms with Crippen molar-refractivity contribution in [3.05, 3.63) is 49.3 Å². The molecule has 1 saturated heterocycles. The van der Waals surface area contributed by atoms with E-state index < -0.39 is 0 Å². The number of H-pyrrole nitrogens is 1. The summed E-state index contributed by atoms with van der Waals surface area (Å²) in [5.74, 6) is 1.52. The standard InChI is InChI=1S/C22H28N4O2S/c1-14-9-15(13-29-14)10-25-7-2-3-17(11-25)20-23-19-6-8-26(22(28)16-4-5-16)12-18(19)21(27)24-20/h9,13,16-17H,2-8,10-12H2,1H3,(H,23,24,27)/t17-/m0/s1. The highest BCUT2D eigenvalue weighted by molar-refractivity contribution is 7.10. The molecule has 6 nitrogen and oxygen atoms in total. The summed E-state index contributed by atoms with van der Waals surface area (Å²) in [6, 6.07) is 2.27. The minimum Gasteiger partial charge on any atom is -0.337 e. The van der Waals surface area contributed by atoms with E-state index in [1.807, 2.05) is 4.90 Å². The summed E-state index contributed by atoms with van der Waals surface area (Å²) < 4.78 is 0. The van der Waals surface area contributed by atoms with Crippen molar-refractivity contribution < 1.29 is 4.79 Å². The van der Waals surface area contributed by atoms with E-state index in [2.05, 4.69) is 28.3 Å². The first-order valence-corrected chi connectivity index (χ1v) is 11.6. The number of likely N-dealkylation sites (tertiary alicyclic amines) is 1. The number of thiophene rings is 1. The molecule has 2 aliphatic heterocycles. The van der Waals surface area contributed by atoms with Crippen LogP contribution in [0, 0.1) is 12.8 Å². The maximum Gasteiger partial charge on any atom is 0.256 e. The van der Waals surface area contributed by atoms with Gasteiger partial charge in [-0.2, -0.15) is 0 Å². The molecule has 29 heavy (non-hydrogen) atoms. The molecule has 0 aromatic carbocycles. The number of aryl methyl sites for hydroxylation is 1. The summed E-state index contributed by atoms with van der Waals surface area (Å²) in [6.45, 7) is 6.25. The van der Waals surface area contributed by atoms with Crippen molar-refractivity contribution >= 4 is 17.2 Å². The van der Waals surface area contributed by atoms with Gasteiger partial charge in [-0.25, -0.2) is 4.98 Å². The Morgan fingerprint density at radius 3 is 2.93 bits per heavy atom. The fourth-order valence-corrected chi connectivity index (χ4v) is 5.37. The second kappa shape index (κ2) is 7.69. The zero-order chi connectivity index (χ0) is 20.0. The van der Waals surface area contributed by atoms with Gasteiger partial charge in [-0.1, -0.05) is 0 Å². The average Bonchev–Trinajstić information content (AvgIpc) is 3.50. The Balaban J connectivity index is 1.30. The SMILES string of the molecule is Cc1cc(CN2CCC[C@H](c3nc4c(c(=O)[nH]3)CN(C(=O)C3CC3)CC4)C2)cs1. The summed E-state index contributed by atoms with van der Waals surface area (Å²) in [5, 5.41) is 2.24. The first-order valence-electron chi connectivity index (χ1n) is 10.7. The maximum absolute atomic E-state index is 12.8. The second-order valence-corrected chi connectivity index (χ2v) is 9.92. The lowest BCUT2D eigenvalue weighted by atomic mass is 9.96. The maximum atomic E-state index is 12.8. The van der Waals surface area contributed by atoms with Crippen LogP contribution in [0.4, 0.5) is 0 Å². The number of rotatable bonds is 4. The lowest BCUT2D eigenvalue weighted by Crippen LogP contribution is -2.41. The third-order valence-corrected chi connectivity index (χ3v) is 7.32. The Hall–Kier alpha value is -1.99. The van der Waals surface area contributed by atoms with Crippen LogP contribution in [0.25, 0.3) is 0 Å². The number of carbonyl (C=O) groups excluding carboxylic acids is 1. The van der Waals surface area contributed by atoms with Crippen LogP contribution >= 0.6 is 11.3 Å². The molecule has 1 N–H and O–H groups in total. The van der Waals surface area contributed by atoms with Crippen LogP contribution in [0.1, 0.15) is 59.1 Å². The van der Waals surface area contributed by atoms with Crippen LogP contribution in [0.2, 0.25) is 0 Å². The summed E-state index contributed by atoms with van der Waals surface area (Å²) >= 11 is 1.80. The van der Waals surface area contributed by atoms with Crippen molar-refractivity contribution in [2.75, 3.05) is 19.6 Å². The molecule has 7 heteroatoms. The first-order chi connectivity index (χ1) is 14.1. The number of carbonyl (C=O) groups is 1. The van der Waals surface area contributed by atoms with Gasteiger partial charge in [-0.05, 0) is 56.2 Å². The van der Waals surface area contributed by atoms with Crippen LogP contribution in [0.15, 0.2) is 16.2 Å². The van der Waals surface area contributed by atoms with Crippen LogP contribution in [-0.4, -0.2) is 45.3 Å². The smallest absolute Gasteiger partial charge is 0.256 e. The van der Waals surface area contributed by atoms with E-state index in [1.165, 1.54) is 10.4 Å². The molecule has 0 unspecified atom stereocenters. The predicted molar refractivity (Wildman–Crippen MR) is 113 cm³/mol. The number of fused-ring (bicyclic) bond motifs is 1. The van der Waals surface area contributed by atoms with Gasteiger partial charge in [0.05, 0.1) is 17.8 Å². The van der Waals surface area contributed by atoms with Crippen molar-refractivity contribution in [2.45, 2.75) is 58.0 Å². The van der Waals surface area contributed by atoms with Crippen LogP contribution < -0.4 is 5.56 Å². The summed E-state index contributed by atoms with van der Waals surface area (Å²) in [5.41, 5.74) is 2.91. The van der Waals surface area contributed by atoms with Crippen molar-refractivity contribution in [1.29, 1.82) is 0 Å². The largest absolute Gasteiger partial charge is 0.337 e. The molecular formula is C22H28N4O2S. The monoisotopic (exact) mass is 412 g/mol. The highest BCUT2D eigenvalue weighted by atomic mass is 32.1. The number of piperidine rings is 1. The zero-order valence-electron chi connectivity index (χ0n) is 16.9. The van der Waals surface area contributed by atoms with Gasteiger partial charge in [0.2, 0.25) is 5.91 Å². The van der Waals surface area contributed by atoms with Crippen molar-refractivity contribution in [2.24, 2.45) is 5.92 Å². The number of aromatic nitrogens is 2. The number of nitrogens with one attached hydrogen (secondary N) is 1. The fraction of sp³-hybridized carbons (Fsp3) is 0.591. The first kappa shape index (κ1) is 19.0. The molecule has 1 atom stereocenters. The molecule has 5 rings (SSSR count). The molecule has 154 valence electrons. The predicted octanol–water partition coefficient (Wildman–Crippen LogP) is 2.81. The molecule has 2 aromatic rings. The Bertz CT molecular complexity index is 977. The quantitative estimate of drug-likeness (QED) is 0.838. The lowest BCUT2D eigenvalue weighted by Gasteiger charge is -2.33. The van der Waals surface area contributed by atoms with Crippen LogP contribution in [0.3, 0.4) is 0 Å². The normalized spacial score (nSPS) is 22.5. The van der Waals surface area contributed by atoms with E-state index in [9.17, 15) is 9.59 Å². The second-order valence-electron chi connectivity index (χ2n) is 8.80. The number of aromatic amines is 1.